The summed E-state index contributed by atoms with van der Waals surface area (Å²) in [6, 6.07) is 18.2. The molecule has 174 valence electrons. The lowest BCUT2D eigenvalue weighted by Crippen LogP contribution is -2.51. The third-order valence-electron chi connectivity index (χ3n) is 7.10. The number of anilines is 1. The number of amides is 2. The number of fused-ring (bicyclic) bond motifs is 3. The summed E-state index contributed by atoms with van der Waals surface area (Å²) in [7, 11) is 0. The van der Waals surface area contributed by atoms with E-state index in [-0.39, 0.29) is 26.9 Å². The molecule has 3 aliphatic rings. The van der Waals surface area contributed by atoms with Crippen molar-refractivity contribution in [1.82, 2.24) is 0 Å². The van der Waals surface area contributed by atoms with Gasteiger partial charge in [-0.05, 0) is 24.6 Å². The molecule has 1 aliphatic carbocycles. The molecule has 0 radical (unpaired) electrons. The van der Waals surface area contributed by atoms with Gasteiger partial charge < -0.3 is 4.74 Å². The number of aryl methyl sites for hydroxylation is 1. The van der Waals surface area contributed by atoms with Crippen molar-refractivity contribution in [2.45, 2.75) is 18.6 Å². The summed E-state index contributed by atoms with van der Waals surface area (Å²) in [6.45, 7) is 1.91. The lowest BCUT2D eigenvalue weighted by atomic mass is 9.77. The number of Topliss-reactive ketones (excluding diaryl/α,β-unsaturated/α-hetero) is 2. The topological polar surface area (TPSA) is 80.8 Å². The van der Waals surface area contributed by atoms with E-state index >= 15 is 0 Å². The molecule has 2 heterocycles. The molecule has 35 heavy (non-hydrogen) atoms. The standard InChI is InChI=1S/C27H17Cl2NO5/c1-13-9-11-14(12-10-13)22-19-20(26(34)30(25(19)33)18-8-4-7-17(28)21(18)29)27(35-22)23(31)15-5-2-3-6-16(15)24(27)32/h2-12,19-20,22H,1H3/t19-,20-,22+/m0/s1. The molecule has 0 N–H and O–H groups in total. The molecule has 0 aromatic heterocycles. The van der Waals surface area contributed by atoms with E-state index in [2.05, 4.69) is 0 Å². The molecule has 2 aliphatic heterocycles. The largest absolute Gasteiger partial charge is 0.349 e. The highest BCUT2D eigenvalue weighted by molar-refractivity contribution is 6.45. The van der Waals surface area contributed by atoms with Gasteiger partial charge in [0.25, 0.3) is 0 Å². The molecule has 3 atom stereocenters. The van der Waals surface area contributed by atoms with Crippen LogP contribution in [0.1, 0.15) is 37.9 Å². The number of hydrogen-bond acceptors (Lipinski definition) is 5. The number of imide groups is 1. The fourth-order valence-corrected chi connectivity index (χ4v) is 5.86. The SMILES string of the molecule is Cc1ccc([C@H]2OC3(C(=O)c4ccccc4C3=O)[C@@H]3C(=O)N(c4cccc(Cl)c4Cl)C(=O)[C@H]23)cc1. The van der Waals surface area contributed by atoms with Gasteiger partial charge in [-0.2, -0.15) is 0 Å². The first kappa shape index (κ1) is 22.2. The predicted octanol–water partition coefficient (Wildman–Crippen LogP) is 5.00. The van der Waals surface area contributed by atoms with Crippen molar-refractivity contribution in [3.05, 3.63) is 99.0 Å². The third kappa shape index (κ3) is 2.82. The minimum atomic E-state index is -2.13. The molecule has 0 saturated carbocycles. The second-order valence-corrected chi connectivity index (χ2v) is 9.76. The second-order valence-electron chi connectivity index (χ2n) is 8.98. The highest BCUT2D eigenvalue weighted by atomic mass is 35.5. The van der Waals surface area contributed by atoms with Crippen LogP contribution in [-0.2, 0) is 14.3 Å². The second kappa shape index (κ2) is 7.59. The summed E-state index contributed by atoms with van der Waals surface area (Å²) in [5, 5.41) is 0.202. The Bertz CT molecular complexity index is 1430. The first-order chi connectivity index (χ1) is 16.8. The molecule has 0 bridgehead atoms. The van der Waals surface area contributed by atoms with Gasteiger partial charge in [0, 0.05) is 11.1 Å². The number of halogens is 2. The van der Waals surface area contributed by atoms with Gasteiger partial charge in [0.05, 0.1) is 33.7 Å². The van der Waals surface area contributed by atoms with Crippen molar-refractivity contribution < 1.29 is 23.9 Å². The average Bonchev–Trinajstić information content (AvgIpc) is 3.42. The predicted molar refractivity (Wildman–Crippen MR) is 129 cm³/mol. The molecule has 3 aromatic rings. The Kier molecular flexibility index (Phi) is 4.81. The van der Waals surface area contributed by atoms with Crippen LogP contribution in [-0.4, -0.2) is 29.0 Å². The fraction of sp³-hybridized carbons (Fsp3) is 0.185. The van der Waals surface area contributed by atoms with E-state index in [1.54, 1.807) is 36.4 Å². The molecule has 2 amide bonds. The Morgan fingerprint density at radius 3 is 2.06 bits per heavy atom. The van der Waals surface area contributed by atoms with Gasteiger partial charge in [-0.1, -0.05) is 83.4 Å². The van der Waals surface area contributed by atoms with E-state index in [1.165, 1.54) is 18.2 Å². The zero-order valence-corrected chi connectivity index (χ0v) is 19.8. The zero-order chi connectivity index (χ0) is 24.6. The molecule has 3 aromatic carbocycles. The van der Waals surface area contributed by atoms with Gasteiger partial charge in [-0.3, -0.25) is 19.2 Å². The maximum atomic E-state index is 13.9. The summed E-state index contributed by atoms with van der Waals surface area (Å²) in [5.74, 6) is -4.96. The minimum absolute atomic E-state index is 0.0325. The monoisotopic (exact) mass is 505 g/mol. The van der Waals surface area contributed by atoms with Crippen LogP contribution in [0.25, 0.3) is 0 Å². The molecular weight excluding hydrogens is 489 g/mol. The van der Waals surface area contributed by atoms with Crippen molar-refractivity contribution >= 4 is 52.3 Å². The first-order valence-electron chi connectivity index (χ1n) is 11.0. The first-order valence-corrected chi connectivity index (χ1v) is 11.8. The number of carbonyl (C=O) groups excluding carboxylic acids is 4. The third-order valence-corrected chi connectivity index (χ3v) is 7.91. The van der Waals surface area contributed by atoms with E-state index in [4.69, 9.17) is 27.9 Å². The molecule has 2 saturated heterocycles. The maximum Gasteiger partial charge on any atom is 0.241 e. The Labute approximate surface area is 210 Å². The minimum Gasteiger partial charge on any atom is -0.349 e. The molecule has 2 fully saturated rings. The van der Waals surface area contributed by atoms with Crippen LogP contribution >= 0.6 is 23.2 Å². The van der Waals surface area contributed by atoms with Crippen LogP contribution in [0.15, 0.2) is 66.7 Å². The van der Waals surface area contributed by atoms with Crippen LogP contribution in [0.2, 0.25) is 10.0 Å². The maximum absolute atomic E-state index is 13.9. The summed E-state index contributed by atoms with van der Waals surface area (Å²) in [6.07, 6.45) is -0.984. The Morgan fingerprint density at radius 2 is 1.43 bits per heavy atom. The highest BCUT2D eigenvalue weighted by Crippen LogP contribution is 2.58. The van der Waals surface area contributed by atoms with Gasteiger partial charge in [-0.25, -0.2) is 4.90 Å². The number of benzene rings is 3. The molecular formula is C27H17Cl2NO5. The number of nitrogens with zero attached hydrogens (tertiary/aromatic N) is 1. The molecule has 0 unspecified atom stereocenters. The van der Waals surface area contributed by atoms with Gasteiger partial charge in [0.15, 0.2) is 0 Å². The Morgan fingerprint density at radius 1 is 0.800 bits per heavy atom. The van der Waals surface area contributed by atoms with Crippen LogP contribution < -0.4 is 4.90 Å². The number of ether oxygens (including phenoxy) is 1. The number of ketones is 2. The van der Waals surface area contributed by atoms with Crippen LogP contribution in [0.5, 0.6) is 0 Å². The van der Waals surface area contributed by atoms with E-state index in [0.717, 1.165) is 10.5 Å². The lowest BCUT2D eigenvalue weighted by Gasteiger charge is -2.27. The summed E-state index contributed by atoms with van der Waals surface area (Å²) >= 11 is 12.5. The molecule has 6 nitrogen and oxygen atoms in total. The van der Waals surface area contributed by atoms with Crippen molar-refractivity contribution in [2.75, 3.05) is 4.90 Å². The summed E-state index contributed by atoms with van der Waals surface area (Å²) in [5.41, 5.74) is -0.0765. The van der Waals surface area contributed by atoms with Crippen molar-refractivity contribution in [3.8, 4) is 0 Å². The van der Waals surface area contributed by atoms with Gasteiger partial charge >= 0.3 is 0 Å². The summed E-state index contributed by atoms with van der Waals surface area (Å²) < 4.78 is 6.26. The van der Waals surface area contributed by atoms with Crippen LogP contribution in [0, 0.1) is 18.8 Å². The van der Waals surface area contributed by atoms with Gasteiger partial charge in [0.2, 0.25) is 29.0 Å². The number of rotatable bonds is 2. The van der Waals surface area contributed by atoms with Crippen molar-refractivity contribution in [2.24, 2.45) is 11.8 Å². The number of hydrogen-bond donors (Lipinski definition) is 0. The Hall–Kier alpha value is -3.32. The highest BCUT2D eigenvalue weighted by Gasteiger charge is 2.74. The molecule has 1 spiro atoms. The van der Waals surface area contributed by atoms with E-state index < -0.39 is 46.9 Å². The smallest absolute Gasteiger partial charge is 0.241 e. The normalized spacial score (nSPS) is 24.4. The molecule has 8 heteroatoms. The number of carbonyl (C=O) groups is 4. The zero-order valence-electron chi connectivity index (χ0n) is 18.3. The van der Waals surface area contributed by atoms with E-state index in [9.17, 15) is 19.2 Å². The van der Waals surface area contributed by atoms with Crippen LogP contribution in [0.4, 0.5) is 5.69 Å². The van der Waals surface area contributed by atoms with Gasteiger partial charge in [-0.15, -0.1) is 0 Å². The van der Waals surface area contributed by atoms with Crippen molar-refractivity contribution in [3.63, 3.8) is 0 Å². The van der Waals surface area contributed by atoms with Gasteiger partial charge in [0.1, 0.15) is 0 Å². The molecule has 6 rings (SSSR count). The quantitative estimate of drug-likeness (QED) is 0.361. The Balaban J connectivity index is 1.56. The lowest BCUT2D eigenvalue weighted by molar-refractivity contribution is -0.127. The van der Waals surface area contributed by atoms with Crippen molar-refractivity contribution in [1.29, 1.82) is 0 Å². The summed E-state index contributed by atoms with van der Waals surface area (Å²) in [4.78, 5) is 56.2. The van der Waals surface area contributed by atoms with E-state index in [0.29, 0.717) is 5.56 Å². The van der Waals surface area contributed by atoms with Crippen LogP contribution in [0.3, 0.4) is 0 Å². The van der Waals surface area contributed by atoms with E-state index in [1.807, 2.05) is 19.1 Å². The average molecular weight is 506 g/mol. The fourth-order valence-electron chi connectivity index (χ4n) is 5.48.